The van der Waals surface area contributed by atoms with E-state index in [1.165, 1.54) is 10.5 Å². The first-order valence-corrected chi connectivity index (χ1v) is 8.27. The highest BCUT2D eigenvalue weighted by atomic mass is 16.5. The Hall–Kier alpha value is -2.92. The van der Waals surface area contributed by atoms with E-state index in [2.05, 4.69) is 35.7 Å². The third kappa shape index (κ3) is 4.33. The summed E-state index contributed by atoms with van der Waals surface area (Å²) in [5, 5.41) is 0.624. The van der Waals surface area contributed by atoms with Crippen LogP contribution in [0.15, 0.2) is 66.0 Å². The Morgan fingerprint density at radius 1 is 1.16 bits per heavy atom. The van der Waals surface area contributed by atoms with E-state index < -0.39 is 0 Å². The second-order valence-corrected chi connectivity index (χ2v) is 6.08. The lowest BCUT2D eigenvalue weighted by Gasteiger charge is -2.14. The van der Waals surface area contributed by atoms with Gasteiger partial charge in [-0.1, -0.05) is 24.8 Å². The summed E-state index contributed by atoms with van der Waals surface area (Å²) in [5.41, 5.74) is 1.85. The highest BCUT2D eigenvalue weighted by Crippen LogP contribution is 2.11. The van der Waals surface area contributed by atoms with Crippen LogP contribution in [0.1, 0.15) is 11.4 Å². The first-order valence-electron chi connectivity index (χ1n) is 8.27. The first-order chi connectivity index (χ1) is 12.2. The Morgan fingerprint density at radius 2 is 1.92 bits per heavy atom. The van der Waals surface area contributed by atoms with Crippen LogP contribution in [-0.4, -0.2) is 23.6 Å². The fraction of sp³-hybridized carbons (Fsp3) is 0.200. The second-order valence-electron chi connectivity index (χ2n) is 6.08. The fourth-order valence-corrected chi connectivity index (χ4v) is 2.77. The molecular weight excluding hydrogens is 314 g/mol. The molecule has 0 radical (unpaired) electrons. The maximum absolute atomic E-state index is 12.1. The average Bonchev–Trinajstić information content (AvgIpc) is 2.61. The van der Waals surface area contributed by atoms with Gasteiger partial charge in [-0.15, -0.1) is 0 Å². The van der Waals surface area contributed by atoms with Crippen LogP contribution in [0.5, 0.6) is 5.75 Å². The van der Waals surface area contributed by atoms with Crippen LogP contribution in [0, 0.1) is 0 Å². The summed E-state index contributed by atoms with van der Waals surface area (Å²) in [6, 6.07) is 15.4. The van der Waals surface area contributed by atoms with Gasteiger partial charge in [-0.2, -0.15) is 0 Å². The zero-order chi connectivity index (χ0) is 17.6. The largest absolute Gasteiger partial charge is 0.490 e. The van der Waals surface area contributed by atoms with Gasteiger partial charge >= 0.3 is 0 Å². The van der Waals surface area contributed by atoms with Crippen molar-refractivity contribution in [1.29, 1.82) is 0 Å². The van der Waals surface area contributed by atoms with E-state index >= 15 is 0 Å². The summed E-state index contributed by atoms with van der Waals surface area (Å²) in [7, 11) is 2.08. The molecule has 25 heavy (non-hydrogen) atoms. The molecule has 1 atom stereocenters. The molecule has 5 heteroatoms. The van der Waals surface area contributed by atoms with E-state index in [0.717, 1.165) is 17.8 Å². The van der Waals surface area contributed by atoms with Gasteiger partial charge in [-0.05, 0) is 36.4 Å². The van der Waals surface area contributed by atoms with Gasteiger partial charge < -0.3 is 14.6 Å². The predicted molar refractivity (Wildman–Crippen MR) is 98.8 cm³/mol. The molecule has 0 saturated carbocycles. The molecule has 128 valence electrons. The van der Waals surface area contributed by atoms with Gasteiger partial charge in [0.1, 0.15) is 25.4 Å². The van der Waals surface area contributed by atoms with Crippen LogP contribution in [0.25, 0.3) is 10.9 Å². The topological polar surface area (TPSA) is 59.4 Å². The smallest absolute Gasteiger partial charge is 0.258 e. The molecule has 1 unspecified atom stereocenters. The van der Waals surface area contributed by atoms with E-state index in [0.29, 0.717) is 24.4 Å². The van der Waals surface area contributed by atoms with E-state index in [1.54, 1.807) is 12.1 Å². The highest BCUT2D eigenvalue weighted by Gasteiger charge is 2.09. The maximum atomic E-state index is 12.1. The van der Waals surface area contributed by atoms with Gasteiger partial charge in [0.15, 0.2) is 5.82 Å². The number of nitrogens with zero attached hydrogens (tertiary/aromatic N) is 1. The lowest BCUT2D eigenvalue weighted by Crippen LogP contribution is -3.06. The molecular formula is C20H22N3O2+. The number of aromatic nitrogens is 2. The number of aromatic amines is 1. The summed E-state index contributed by atoms with van der Waals surface area (Å²) in [6.07, 6.45) is 1.73. The second kappa shape index (κ2) is 7.77. The van der Waals surface area contributed by atoms with Gasteiger partial charge in [0.05, 0.1) is 18.0 Å². The van der Waals surface area contributed by atoms with Crippen molar-refractivity contribution in [3.05, 3.63) is 82.9 Å². The lowest BCUT2D eigenvalue weighted by atomic mass is 10.2. The summed E-state index contributed by atoms with van der Waals surface area (Å²) >= 11 is 0. The molecule has 0 saturated heterocycles. The molecule has 1 aromatic heterocycles. The Kier molecular flexibility index (Phi) is 5.26. The van der Waals surface area contributed by atoms with Gasteiger partial charge in [-0.3, -0.25) is 4.79 Å². The van der Waals surface area contributed by atoms with Crippen molar-refractivity contribution in [1.82, 2.24) is 9.97 Å². The number of ether oxygens (including phenoxy) is 1. The van der Waals surface area contributed by atoms with Crippen molar-refractivity contribution >= 4 is 10.9 Å². The van der Waals surface area contributed by atoms with E-state index in [4.69, 9.17) is 4.74 Å². The minimum absolute atomic E-state index is 0.0860. The zero-order valence-corrected chi connectivity index (χ0v) is 14.3. The molecule has 0 fully saturated rings. The minimum Gasteiger partial charge on any atom is -0.490 e. The number of H-pyrrole nitrogens is 1. The number of hydrogen-bond donors (Lipinski definition) is 2. The fourth-order valence-electron chi connectivity index (χ4n) is 2.77. The lowest BCUT2D eigenvalue weighted by molar-refractivity contribution is -0.908. The number of rotatable bonds is 7. The molecule has 0 bridgehead atoms. The summed E-state index contributed by atoms with van der Waals surface area (Å²) in [6.45, 7) is 5.62. The Morgan fingerprint density at radius 3 is 2.68 bits per heavy atom. The van der Waals surface area contributed by atoms with Crippen LogP contribution < -0.4 is 15.2 Å². The van der Waals surface area contributed by atoms with Gasteiger partial charge in [0.2, 0.25) is 0 Å². The molecule has 0 amide bonds. The third-order valence-electron chi connectivity index (χ3n) is 3.93. The minimum atomic E-state index is -0.0860. The standard InChI is InChI=1S/C20H21N3O2/c1-3-12-25-16-10-8-15(9-11-16)13-23(2)14-19-21-18-7-5-4-6-17(18)20(24)22-19/h3-11H,1,12-14H2,2H3,(H,21,22,24)/p+1. The van der Waals surface area contributed by atoms with Crippen molar-refractivity contribution in [2.45, 2.75) is 13.1 Å². The highest BCUT2D eigenvalue weighted by molar-refractivity contribution is 5.77. The Bertz CT molecular complexity index is 916. The number of quaternary nitrogens is 1. The normalized spacial score (nSPS) is 12.0. The summed E-state index contributed by atoms with van der Waals surface area (Å²) in [4.78, 5) is 20.8. The number of hydrogen-bond acceptors (Lipinski definition) is 3. The van der Waals surface area contributed by atoms with E-state index in [1.807, 2.05) is 30.3 Å². The van der Waals surface area contributed by atoms with Crippen molar-refractivity contribution in [3.8, 4) is 5.75 Å². The number of nitrogens with one attached hydrogen (secondary N) is 2. The molecule has 3 rings (SSSR count). The van der Waals surface area contributed by atoms with Crippen LogP contribution in [0.2, 0.25) is 0 Å². The monoisotopic (exact) mass is 336 g/mol. The Labute approximate surface area is 146 Å². The van der Waals surface area contributed by atoms with Crippen LogP contribution in [-0.2, 0) is 13.1 Å². The van der Waals surface area contributed by atoms with Gasteiger partial charge in [-0.25, -0.2) is 4.98 Å². The maximum Gasteiger partial charge on any atom is 0.258 e. The number of benzene rings is 2. The van der Waals surface area contributed by atoms with Crippen molar-refractivity contribution < 1.29 is 9.64 Å². The van der Waals surface area contributed by atoms with Crippen LogP contribution in [0.4, 0.5) is 0 Å². The molecule has 1 heterocycles. The van der Waals surface area contributed by atoms with Crippen LogP contribution in [0.3, 0.4) is 0 Å². The SMILES string of the molecule is C=CCOc1ccc(C[NH+](C)Cc2nc3ccccc3c(=O)[nH]2)cc1. The first kappa shape index (κ1) is 16.9. The molecule has 2 aromatic carbocycles. The molecule has 0 aliphatic carbocycles. The number of fused-ring (bicyclic) bond motifs is 1. The summed E-state index contributed by atoms with van der Waals surface area (Å²) < 4.78 is 5.49. The van der Waals surface area contributed by atoms with Crippen molar-refractivity contribution in [2.75, 3.05) is 13.7 Å². The van der Waals surface area contributed by atoms with E-state index in [-0.39, 0.29) is 5.56 Å². The molecule has 0 spiro atoms. The zero-order valence-electron chi connectivity index (χ0n) is 14.3. The predicted octanol–water partition coefficient (Wildman–Crippen LogP) is 1.70. The van der Waals surface area contributed by atoms with Gasteiger partial charge in [0.25, 0.3) is 5.56 Å². The quantitative estimate of drug-likeness (QED) is 0.646. The third-order valence-corrected chi connectivity index (χ3v) is 3.93. The van der Waals surface area contributed by atoms with Crippen molar-refractivity contribution in [2.24, 2.45) is 0 Å². The number of para-hydroxylation sites is 1. The molecule has 0 aliphatic heterocycles. The molecule has 2 N–H and O–H groups in total. The summed E-state index contributed by atoms with van der Waals surface area (Å²) in [5.74, 6) is 1.54. The van der Waals surface area contributed by atoms with Gasteiger partial charge in [0, 0.05) is 5.56 Å². The molecule has 3 aromatic rings. The average molecular weight is 336 g/mol. The van der Waals surface area contributed by atoms with Crippen molar-refractivity contribution in [3.63, 3.8) is 0 Å². The molecule has 0 aliphatic rings. The Balaban J connectivity index is 1.67. The van der Waals surface area contributed by atoms with E-state index in [9.17, 15) is 4.79 Å². The van der Waals surface area contributed by atoms with Crippen LogP contribution >= 0.6 is 0 Å². The molecule has 5 nitrogen and oxygen atoms in total.